The summed E-state index contributed by atoms with van der Waals surface area (Å²) in [6, 6.07) is 7.34. The number of benzene rings is 2. The van der Waals surface area contributed by atoms with Crippen molar-refractivity contribution in [3.05, 3.63) is 63.1 Å². The van der Waals surface area contributed by atoms with Crippen molar-refractivity contribution >= 4 is 34.9 Å². The van der Waals surface area contributed by atoms with E-state index in [9.17, 15) is 23.2 Å². The fraction of sp³-hybridized carbons (Fsp3) is 0.300. The molecule has 1 atom stereocenters. The smallest absolute Gasteiger partial charge is 0.416 e. The highest BCUT2D eigenvalue weighted by Gasteiger charge is 2.30. The van der Waals surface area contributed by atoms with E-state index in [1.807, 2.05) is 0 Å². The molecule has 0 heterocycles. The molecule has 0 bridgehead atoms. The first-order valence-corrected chi connectivity index (χ1v) is 9.59. The Morgan fingerprint density at radius 2 is 1.77 bits per heavy atom. The predicted molar refractivity (Wildman–Crippen MR) is 107 cm³/mol. The van der Waals surface area contributed by atoms with Crippen molar-refractivity contribution in [3.8, 4) is 5.75 Å². The molecule has 0 saturated heterocycles. The number of nitrogens with zero attached hydrogens (tertiary/aromatic N) is 1. The maximum absolute atomic E-state index is 12.7. The maximum atomic E-state index is 12.7. The molecule has 5 nitrogen and oxygen atoms in total. The number of alkyl halides is 3. The summed E-state index contributed by atoms with van der Waals surface area (Å²) in [5, 5.41) is 21.7. The Hall–Kier alpha value is -2.45. The van der Waals surface area contributed by atoms with Crippen molar-refractivity contribution in [1.82, 2.24) is 0 Å². The number of carboxylic acid groups (broad SMARTS) is 1. The zero-order chi connectivity index (χ0) is 22.5. The van der Waals surface area contributed by atoms with Crippen molar-refractivity contribution in [2.75, 3.05) is 0 Å². The van der Waals surface area contributed by atoms with Crippen LogP contribution in [0.3, 0.4) is 0 Å². The van der Waals surface area contributed by atoms with Gasteiger partial charge in [-0.1, -0.05) is 53.5 Å². The summed E-state index contributed by atoms with van der Waals surface area (Å²) >= 11 is 12.5. The van der Waals surface area contributed by atoms with Crippen LogP contribution in [0.4, 0.5) is 13.2 Å². The van der Waals surface area contributed by atoms with E-state index in [0.29, 0.717) is 11.1 Å². The Morgan fingerprint density at radius 3 is 2.27 bits per heavy atom. The monoisotopic (exact) mass is 463 g/mol. The lowest BCUT2D eigenvalue weighted by atomic mass is 10.0. The van der Waals surface area contributed by atoms with Crippen LogP contribution in [0.2, 0.25) is 10.0 Å². The number of rotatable bonds is 8. The van der Waals surface area contributed by atoms with Crippen LogP contribution in [-0.4, -0.2) is 28.1 Å². The van der Waals surface area contributed by atoms with Crippen LogP contribution in [0.15, 0.2) is 41.6 Å². The van der Waals surface area contributed by atoms with Crippen LogP contribution in [0.1, 0.15) is 36.5 Å². The first kappa shape index (κ1) is 23.8. The highest BCUT2D eigenvalue weighted by molar-refractivity contribution is 6.43. The van der Waals surface area contributed by atoms with Crippen molar-refractivity contribution in [3.63, 3.8) is 0 Å². The van der Waals surface area contributed by atoms with Gasteiger partial charge in [0.25, 0.3) is 0 Å². The molecule has 0 aliphatic carbocycles. The van der Waals surface area contributed by atoms with Gasteiger partial charge >= 0.3 is 12.1 Å². The average molecular weight is 464 g/mol. The van der Waals surface area contributed by atoms with Gasteiger partial charge in [0.05, 0.1) is 16.3 Å². The summed E-state index contributed by atoms with van der Waals surface area (Å²) in [4.78, 5) is 11.1. The number of carbonyl (C=O) groups is 1. The van der Waals surface area contributed by atoms with Crippen LogP contribution in [0.5, 0.6) is 5.75 Å². The molecule has 162 valence electrons. The molecule has 2 rings (SSSR count). The molecular weight excluding hydrogens is 446 g/mol. The summed E-state index contributed by atoms with van der Waals surface area (Å²) in [7, 11) is 0. The average Bonchev–Trinajstić information content (AvgIpc) is 2.70. The summed E-state index contributed by atoms with van der Waals surface area (Å²) < 4.78 is 43.4. The van der Waals surface area contributed by atoms with Crippen molar-refractivity contribution < 1.29 is 33.0 Å². The van der Waals surface area contributed by atoms with Crippen LogP contribution in [0, 0.1) is 0 Å². The number of carboxylic acids is 1. The molecule has 0 fully saturated rings. The lowest BCUT2D eigenvalue weighted by Crippen LogP contribution is -2.26. The second kappa shape index (κ2) is 10.0. The van der Waals surface area contributed by atoms with Crippen molar-refractivity contribution in [2.24, 2.45) is 5.16 Å². The SMILES string of the molecule is CCC(Oc1ccc(CCC(=NO)c2ccc(C(F)(F)F)cc2)c(Cl)c1Cl)C(=O)O. The molecule has 0 amide bonds. The maximum Gasteiger partial charge on any atom is 0.416 e. The fourth-order valence-corrected chi connectivity index (χ4v) is 3.15. The van der Waals surface area contributed by atoms with Crippen molar-refractivity contribution in [2.45, 2.75) is 38.5 Å². The summed E-state index contributed by atoms with van der Waals surface area (Å²) in [5.74, 6) is -1.01. The second-order valence-electron chi connectivity index (χ2n) is 6.33. The van der Waals surface area contributed by atoms with Gasteiger partial charge in [-0.2, -0.15) is 13.2 Å². The van der Waals surface area contributed by atoms with E-state index in [4.69, 9.17) is 33.0 Å². The first-order valence-electron chi connectivity index (χ1n) is 8.83. The van der Waals surface area contributed by atoms with E-state index in [1.165, 1.54) is 18.2 Å². The number of ether oxygens (including phenoxy) is 1. The van der Waals surface area contributed by atoms with E-state index in [1.54, 1.807) is 13.0 Å². The van der Waals surface area contributed by atoms with Gasteiger partial charge in [-0.15, -0.1) is 0 Å². The summed E-state index contributed by atoms with van der Waals surface area (Å²) in [5.41, 5.74) is 0.277. The van der Waals surface area contributed by atoms with E-state index >= 15 is 0 Å². The largest absolute Gasteiger partial charge is 0.479 e. The zero-order valence-electron chi connectivity index (χ0n) is 15.7. The molecule has 0 aliphatic rings. The minimum absolute atomic E-state index is 0.0471. The van der Waals surface area contributed by atoms with Crippen LogP contribution in [0.25, 0.3) is 0 Å². The van der Waals surface area contributed by atoms with E-state index in [0.717, 1.165) is 12.1 Å². The third-order valence-electron chi connectivity index (χ3n) is 4.34. The number of oxime groups is 1. The minimum atomic E-state index is -4.46. The van der Waals surface area contributed by atoms with E-state index in [-0.39, 0.29) is 40.8 Å². The lowest BCUT2D eigenvalue weighted by Gasteiger charge is -2.16. The predicted octanol–water partition coefficient (Wildman–Crippen LogP) is 6.07. The summed E-state index contributed by atoms with van der Waals surface area (Å²) in [6.45, 7) is 1.65. The number of hydrogen-bond donors (Lipinski definition) is 2. The topological polar surface area (TPSA) is 79.1 Å². The van der Waals surface area contributed by atoms with E-state index < -0.39 is 23.8 Å². The fourth-order valence-electron chi connectivity index (χ4n) is 2.67. The van der Waals surface area contributed by atoms with Gasteiger partial charge < -0.3 is 15.1 Å². The van der Waals surface area contributed by atoms with Gasteiger partial charge in [0.2, 0.25) is 0 Å². The molecule has 2 aromatic carbocycles. The van der Waals surface area contributed by atoms with Gasteiger partial charge in [0, 0.05) is 0 Å². The van der Waals surface area contributed by atoms with Gasteiger partial charge in [0.15, 0.2) is 6.10 Å². The molecule has 30 heavy (non-hydrogen) atoms. The quantitative estimate of drug-likeness (QED) is 0.283. The van der Waals surface area contributed by atoms with E-state index in [2.05, 4.69) is 5.16 Å². The molecule has 0 aliphatic heterocycles. The van der Waals surface area contributed by atoms with Crippen LogP contribution < -0.4 is 4.74 Å². The molecule has 0 saturated carbocycles. The van der Waals surface area contributed by atoms with Gasteiger partial charge in [-0.3, -0.25) is 0 Å². The third-order valence-corrected chi connectivity index (χ3v) is 5.24. The highest BCUT2D eigenvalue weighted by atomic mass is 35.5. The minimum Gasteiger partial charge on any atom is -0.479 e. The van der Waals surface area contributed by atoms with Crippen LogP contribution in [-0.2, 0) is 17.4 Å². The standard InChI is InChI=1S/C20H18Cl2F3NO4/c1-2-15(19(27)28)30-16-10-6-12(17(21)18(16)22)5-9-14(26-29)11-3-7-13(8-4-11)20(23,24)25/h3-4,6-8,10,15,29H,2,5,9H2,1H3,(H,27,28). The third kappa shape index (κ3) is 5.79. The molecule has 2 N–H and O–H groups in total. The molecule has 0 radical (unpaired) electrons. The number of hydrogen-bond acceptors (Lipinski definition) is 4. The van der Waals surface area contributed by atoms with Gasteiger partial charge in [0.1, 0.15) is 10.8 Å². The number of aryl methyl sites for hydroxylation is 1. The van der Waals surface area contributed by atoms with Crippen LogP contribution >= 0.6 is 23.2 Å². The summed E-state index contributed by atoms with van der Waals surface area (Å²) in [6.07, 6.45) is -4.85. The molecule has 2 aromatic rings. The van der Waals surface area contributed by atoms with Gasteiger partial charge in [-0.25, -0.2) is 4.79 Å². The Morgan fingerprint density at radius 1 is 1.13 bits per heavy atom. The van der Waals surface area contributed by atoms with Crippen molar-refractivity contribution in [1.29, 1.82) is 0 Å². The Kier molecular flexibility index (Phi) is 7.97. The Bertz CT molecular complexity index is 931. The molecule has 0 spiro atoms. The number of halogens is 5. The lowest BCUT2D eigenvalue weighted by molar-refractivity contribution is -0.145. The Labute approximate surface area is 180 Å². The molecule has 0 aromatic heterocycles. The zero-order valence-corrected chi connectivity index (χ0v) is 17.2. The first-order chi connectivity index (χ1) is 14.1. The second-order valence-corrected chi connectivity index (χ2v) is 7.08. The molecule has 10 heteroatoms. The van der Waals surface area contributed by atoms with Gasteiger partial charge in [-0.05, 0) is 48.6 Å². The molecular formula is C20H18Cl2F3NO4. The number of aliphatic carboxylic acids is 1. The highest BCUT2D eigenvalue weighted by Crippen LogP contribution is 2.36. The Balaban J connectivity index is 2.14. The normalized spacial score (nSPS) is 13.2. The molecule has 1 unspecified atom stereocenters.